The van der Waals surface area contributed by atoms with Crippen molar-refractivity contribution in [3.05, 3.63) is 100 Å². The lowest BCUT2D eigenvalue weighted by atomic mass is 10.0. The lowest BCUT2D eigenvalue weighted by molar-refractivity contribution is -0.147. The van der Waals surface area contributed by atoms with Crippen molar-refractivity contribution in [2.45, 2.75) is 12.5 Å². The van der Waals surface area contributed by atoms with E-state index in [2.05, 4.69) is 10.6 Å². The van der Waals surface area contributed by atoms with Crippen LogP contribution in [0.3, 0.4) is 0 Å². The number of carbonyl (C=O) groups excluding carboxylic acids is 3. The van der Waals surface area contributed by atoms with E-state index in [1.54, 1.807) is 48.5 Å². The van der Waals surface area contributed by atoms with Gasteiger partial charge in [0.25, 0.3) is 11.8 Å². The third kappa shape index (κ3) is 6.83. The largest absolute Gasteiger partial charge is 0.455 e. The summed E-state index contributed by atoms with van der Waals surface area (Å²) in [5.74, 6) is -1.52. The van der Waals surface area contributed by atoms with E-state index in [0.29, 0.717) is 21.3 Å². The third-order valence-corrected chi connectivity index (χ3v) is 5.05. The molecule has 0 aliphatic rings. The van der Waals surface area contributed by atoms with Gasteiger partial charge in [-0.2, -0.15) is 0 Å². The zero-order valence-corrected chi connectivity index (χ0v) is 18.4. The fourth-order valence-corrected chi connectivity index (χ4v) is 3.26. The van der Waals surface area contributed by atoms with Crippen molar-refractivity contribution in [1.82, 2.24) is 5.32 Å². The highest BCUT2D eigenvalue weighted by Gasteiger charge is 2.21. The molecule has 0 aliphatic carbocycles. The van der Waals surface area contributed by atoms with Crippen molar-refractivity contribution < 1.29 is 19.1 Å². The summed E-state index contributed by atoms with van der Waals surface area (Å²) in [5.41, 5.74) is 1.53. The molecule has 3 aromatic carbocycles. The molecular formula is C24H20Cl2N2O4. The molecule has 0 fully saturated rings. The number of anilines is 1. The maximum absolute atomic E-state index is 12.6. The topological polar surface area (TPSA) is 84.5 Å². The number of amides is 2. The fourth-order valence-electron chi connectivity index (χ4n) is 2.92. The Morgan fingerprint density at radius 1 is 0.875 bits per heavy atom. The normalized spacial score (nSPS) is 11.3. The zero-order chi connectivity index (χ0) is 22.9. The molecular weight excluding hydrogens is 451 g/mol. The van der Waals surface area contributed by atoms with Crippen LogP contribution in [-0.4, -0.2) is 24.4 Å². The maximum Gasteiger partial charge on any atom is 0.308 e. The van der Waals surface area contributed by atoms with E-state index in [1.807, 2.05) is 24.3 Å². The van der Waals surface area contributed by atoms with Gasteiger partial charge < -0.3 is 15.4 Å². The van der Waals surface area contributed by atoms with Crippen LogP contribution in [0.2, 0.25) is 10.0 Å². The molecule has 2 N–H and O–H groups in total. The minimum Gasteiger partial charge on any atom is -0.455 e. The summed E-state index contributed by atoms with van der Waals surface area (Å²) in [6.45, 7) is -0.504. The van der Waals surface area contributed by atoms with Crippen LogP contribution in [0.4, 0.5) is 5.69 Å². The van der Waals surface area contributed by atoms with Crippen molar-refractivity contribution >= 4 is 46.7 Å². The van der Waals surface area contributed by atoms with Gasteiger partial charge in [-0.05, 0) is 35.9 Å². The maximum atomic E-state index is 12.6. The SMILES string of the molecule is O=C(COC(=O)CC(NC(=O)c1ccccc1)c1ccccc1)Nc1cc(Cl)ccc1Cl. The smallest absolute Gasteiger partial charge is 0.308 e. The molecule has 0 radical (unpaired) electrons. The second-order valence-corrected chi connectivity index (χ2v) is 7.68. The van der Waals surface area contributed by atoms with Gasteiger partial charge in [-0.3, -0.25) is 14.4 Å². The van der Waals surface area contributed by atoms with E-state index in [9.17, 15) is 14.4 Å². The Morgan fingerprint density at radius 2 is 1.53 bits per heavy atom. The van der Waals surface area contributed by atoms with Gasteiger partial charge in [0.15, 0.2) is 6.61 Å². The van der Waals surface area contributed by atoms with Gasteiger partial charge in [0, 0.05) is 10.6 Å². The molecule has 2 amide bonds. The first-order valence-corrected chi connectivity index (χ1v) is 10.5. The number of esters is 1. The van der Waals surface area contributed by atoms with E-state index >= 15 is 0 Å². The van der Waals surface area contributed by atoms with Crippen LogP contribution in [-0.2, 0) is 14.3 Å². The lowest BCUT2D eigenvalue weighted by Crippen LogP contribution is -2.31. The number of hydrogen-bond donors (Lipinski definition) is 2. The van der Waals surface area contributed by atoms with Crippen LogP contribution >= 0.6 is 23.2 Å². The van der Waals surface area contributed by atoms with E-state index in [1.165, 1.54) is 6.07 Å². The summed E-state index contributed by atoms with van der Waals surface area (Å²) in [7, 11) is 0. The second kappa shape index (κ2) is 11.3. The molecule has 6 nitrogen and oxygen atoms in total. The molecule has 1 atom stereocenters. The van der Waals surface area contributed by atoms with E-state index in [4.69, 9.17) is 27.9 Å². The molecule has 0 aliphatic heterocycles. The first kappa shape index (κ1) is 23.3. The number of carbonyl (C=O) groups is 3. The van der Waals surface area contributed by atoms with Crippen molar-refractivity contribution in [3.63, 3.8) is 0 Å². The average molecular weight is 471 g/mol. The zero-order valence-electron chi connectivity index (χ0n) is 16.9. The average Bonchev–Trinajstić information content (AvgIpc) is 2.81. The molecule has 32 heavy (non-hydrogen) atoms. The number of halogens is 2. The van der Waals surface area contributed by atoms with Crippen LogP contribution in [0.15, 0.2) is 78.9 Å². The predicted octanol–water partition coefficient (Wildman–Crippen LogP) is 5.04. The van der Waals surface area contributed by atoms with Crippen LogP contribution in [0.1, 0.15) is 28.4 Å². The van der Waals surface area contributed by atoms with Crippen LogP contribution in [0, 0.1) is 0 Å². The minimum atomic E-state index is -0.639. The first-order valence-electron chi connectivity index (χ1n) is 9.74. The fraction of sp³-hybridized carbons (Fsp3) is 0.125. The molecule has 0 aromatic heterocycles. The monoisotopic (exact) mass is 470 g/mol. The molecule has 1 unspecified atom stereocenters. The van der Waals surface area contributed by atoms with Crippen LogP contribution < -0.4 is 10.6 Å². The summed E-state index contributed by atoms with van der Waals surface area (Å²) >= 11 is 11.9. The van der Waals surface area contributed by atoms with Crippen molar-refractivity contribution in [1.29, 1.82) is 0 Å². The summed E-state index contributed by atoms with van der Waals surface area (Å²) in [5, 5.41) is 6.10. The Kier molecular flexibility index (Phi) is 8.25. The van der Waals surface area contributed by atoms with Gasteiger partial charge in [0.2, 0.25) is 0 Å². The number of nitrogens with one attached hydrogen (secondary N) is 2. The van der Waals surface area contributed by atoms with E-state index in [0.717, 1.165) is 5.56 Å². The van der Waals surface area contributed by atoms with Gasteiger partial charge >= 0.3 is 5.97 Å². The lowest BCUT2D eigenvalue weighted by Gasteiger charge is -2.19. The van der Waals surface area contributed by atoms with Crippen molar-refractivity contribution in [2.24, 2.45) is 0 Å². The third-order valence-electron chi connectivity index (χ3n) is 4.48. The van der Waals surface area contributed by atoms with E-state index in [-0.39, 0.29) is 12.3 Å². The quantitative estimate of drug-likeness (QED) is 0.451. The number of rotatable bonds is 8. The second-order valence-electron chi connectivity index (χ2n) is 6.84. The highest BCUT2D eigenvalue weighted by molar-refractivity contribution is 6.35. The first-order chi connectivity index (χ1) is 15.4. The Balaban J connectivity index is 1.60. The van der Waals surface area contributed by atoms with E-state index < -0.39 is 24.5 Å². The Labute approximate surface area is 195 Å². The van der Waals surface area contributed by atoms with Gasteiger partial charge in [-0.15, -0.1) is 0 Å². The molecule has 3 rings (SSSR count). The Morgan fingerprint density at radius 3 is 2.22 bits per heavy atom. The van der Waals surface area contributed by atoms with Gasteiger partial charge in [-0.25, -0.2) is 0 Å². The molecule has 0 saturated carbocycles. The number of hydrogen-bond acceptors (Lipinski definition) is 4. The minimum absolute atomic E-state index is 0.145. The van der Waals surface area contributed by atoms with Crippen molar-refractivity contribution in [2.75, 3.05) is 11.9 Å². The standard InChI is InChI=1S/C24H20Cl2N2O4/c25-18-11-12-19(26)21(13-18)27-22(29)15-32-23(30)14-20(16-7-3-1-4-8-16)28-24(31)17-9-5-2-6-10-17/h1-13,20H,14-15H2,(H,27,29)(H,28,31). The van der Waals surface area contributed by atoms with Gasteiger partial charge in [0.1, 0.15) is 0 Å². The number of ether oxygens (including phenoxy) is 1. The molecule has 0 heterocycles. The summed E-state index contributed by atoms with van der Waals surface area (Å²) in [4.78, 5) is 37.1. The number of benzene rings is 3. The highest BCUT2D eigenvalue weighted by atomic mass is 35.5. The molecule has 8 heteroatoms. The van der Waals surface area contributed by atoms with Crippen LogP contribution in [0.25, 0.3) is 0 Å². The van der Waals surface area contributed by atoms with Crippen molar-refractivity contribution in [3.8, 4) is 0 Å². The molecule has 0 bridgehead atoms. The molecule has 0 spiro atoms. The Bertz CT molecular complexity index is 1090. The molecule has 3 aromatic rings. The predicted molar refractivity (Wildman–Crippen MR) is 124 cm³/mol. The highest BCUT2D eigenvalue weighted by Crippen LogP contribution is 2.25. The van der Waals surface area contributed by atoms with Crippen LogP contribution in [0.5, 0.6) is 0 Å². The van der Waals surface area contributed by atoms with Gasteiger partial charge in [0.05, 0.1) is 23.2 Å². The summed E-state index contributed by atoms with van der Waals surface area (Å²) < 4.78 is 5.11. The molecule has 0 saturated heterocycles. The Hall–Kier alpha value is -3.35. The molecule has 164 valence electrons. The summed E-state index contributed by atoms with van der Waals surface area (Å²) in [6.07, 6.45) is -0.145. The van der Waals surface area contributed by atoms with Gasteiger partial charge in [-0.1, -0.05) is 71.7 Å². The summed E-state index contributed by atoms with van der Waals surface area (Å²) in [6, 6.07) is 21.8.